The molecule has 4 nitrogen and oxygen atoms in total. The maximum Gasteiger partial charge on any atom is 0.120 e. The van der Waals surface area contributed by atoms with Crippen LogP contribution in [0.4, 0.5) is 0 Å². The van der Waals surface area contributed by atoms with E-state index in [0.717, 1.165) is 25.2 Å². The molecule has 0 aliphatic heterocycles. The number of aromatic amines is 1. The molecule has 0 spiro atoms. The zero-order chi connectivity index (χ0) is 9.10. The van der Waals surface area contributed by atoms with Gasteiger partial charge < -0.3 is 16.0 Å². The maximum absolute atomic E-state index is 5.81. The van der Waals surface area contributed by atoms with Gasteiger partial charge in [0.2, 0.25) is 0 Å². The minimum absolute atomic E-state index is 0.397. The van der Waals surface area contributed by atoms with E-state index in [0.29, 0.717) is 12.1 Å². The van der Waals surface area contributed by atoms with Crippen LogP contribution in [0.2, 0.25) is 0 Å². The summed E-state index contributed by atoms with van der Waals surface area (Å²) in [6, 6.07) is 0.981. The van der Waals surface area contributed by atoms with Crippen molar-refractivity contribution in [3.8, 4) is 0 Å². The molecule has 0 bridgehead atoms. The summed E-state index contributed by atoms with van der Waals surface area (Å²) in [6.45, 7) is 0.824. The van der Waals surface area contributed by atoms with Crippen LogP contribution in [0.15, 0.2) is 12.4 Å². The molecule has 0 aromatic carbocycles. The van der Waals surface area contributed by atoms with E-state index in [9.17, 15) is 0 Å². The van der Waals surface area contributed by atoms with Crippen molar-refractivity contribution in [2.24, 2.45) is 5.73 Å². The second-order valence-electron chi connectivity index (χ2n) is 3.69. The molecule has 1 aliphatic rings. The van der Waals surface area contributed by atoms with Crippen molar-refractivity contribution in [3.63, 3.8) is 0 Å². The van der Waals surface area contributed by atoms with E-state index >= 15 is 0 Å². The van der Waals surface area contributed by atoms with Gasteiger partial charge in [-0.15, -0.1) is 0 Å². The van der Waals surface area contributed by atoms with Crippen molar-refractivity contribution in [3.05, 3.63) is 18.2 Å². The Labute approximate surface area is 77.9 Å². The van der Waals surface area contributed by atoms with Gasteiger partial charge in [0.05, 0.1) is 6.54 Å². The second-order valence-corrected chi connectivity index (χ2v) is 3.69. The van der Waals surface area contributed by atoms with Crippen LogP contribution in [0.1, 0.15) is 25.1 Å². The standard InChI is InChI=1S/C9H16N4/c10-7-1-2-8(5-7)13-6-9-11-3-4-12-9/h3-4,7-8,13H,1-2,5-6,10H2,(H,11,12). The molecule has 4 heteroatoms. The van der Waals surface area contributed by atoms with E-state index in [1.54, 1.807) is 6.20 Å². The van der Waals surface area contributed by atoms with Gasteiger partial charge in [-0.1, -0.05) is 0 Å². The number of imidazole rings is 1. The van der Waals surface area contributed by atoms with Crippen LogP contribution < -0.4 is 11.1 Å². The number of hydrogen-bond donors (Lipinski definition) is 3. The molecule has 1 aromatic heterocycles. The highest BCUT2D eigenvalue weighted by Gasteiger charge is 2.20. The first-order valence-electron chi connectivity index (χ1n) is 4.82. The first-order valence-corrected chi connectivity index (χ1v) is 4.82. The van der Waals surface area contributed by atoms with E-state index in [2.05, 4.69) is 15.3 Å². The Morgan fingerprint density at radius 2 is 2.54 bits per heavy atom. The molecule has 0 amide bonds. The van der Waals surface area contributed by atoms with Crippen molar-refractivity contribution in [1.29, 1.82) is 0 Å². The van der Waals surface area contributed by atoms with Gasteiger partial charge in [0, 0.05) is 24.5 Å². The lowest BCUT2D eigenvalue weighted by molar-refractivity contribution is 0.508. The Kier molecular flexibility index (Phi) is 2.61. The predicted octanol–water partition coefficient (Wildman–Crippen LogP) is 0.379. The Bertz CT molecular complexity index is 244. The molecule has 1 aliphatic carbocycles. The van der Waals surface area contributed by atoms with Gasteiger partial charge in [0.25, 0.3) is 0 Å². The largest absolute Gasteiger partial charge is 0.348 e. The zero-order valence-corrected chi connectivity index (χ0v) is 7.66. The highest BCUT2D eigenvalue weighted by molar-refractivity contribution is 4.89. The molecule has 1 fully saturated rings. The van der Waals surface area contributed by atoms with E-state index in [1.807, 2.05) is 6.20 Å². The first kappa shape index (κ1) is 8.72. The van der Waals surface area contributed by atoms with Gasteiger partial charge >= 0.3 is 0 Å². The third-order valence-electron chi connectivity index (χ3n) is 2.59. The Morgan fingerprint density at radius 1 is 1.62 bits per heavy atom. The average Bonchev–Trinajstić information content (AvgIpc) is 2.71. The highest BCUT2D eigenvalue weighted by Crippen LogP contribution is 2.17. The topological polar surface area (TPSA) is 66.7 Å². The summed E-state index contributed by atoms with van der Waals surface area (Å²) in [6.07, 6.45) is 7.06. The number of rotatable bonds is 3. The number of nitrogens with two attached hydrogens (primary N) is 1. The summed E-state index contributed by atoms with van der Waals surface area (Å²) in [4.78, 5) is 7.21. The van der Waals surface area contributed by atoms with E-state index in [4.69, 9.17) is 5.73 Å². The van der Waals surface area contributed by atoms with Crippen molar-refractivity contribution in [2.45, 2.75) is 37.9 Å². The van der Waals surface area contributed by atoms with Crippen LogP contribution in [-0.4, -0.2) is 22.1 Å². The van der Waals surface area contributed by atoms with E-state index < -0.39 is 0 Å². The van der Waals surface area contributed by atoms with E-state index in [1.165, 1.54) is 6.42 Å². The summed E-state index contributed by atoms with van der Waals surface area (Å²) in [5.74, 6) is 1.00. The summed E-state index contributed by atoms with van der Waals surface area (Å²) in [5, 5.41) is 3.44. The minimum Gasteiger partial charge on any atom is -0.348 e. The smallest absolute Gasteiger partial charge is 0.120 e. The van der Waals surface area contributed by atoms with Gasteiger partial charge in [0.1, 0.15) is 5.82 Å². The van der Waals surface area contributed by atoms with Gasteiger partial charge in [-0.2, -0.15) is 0 Å². The third kappa shape index (κ3) is 2.29. The molecule has 2 atom stereocenters. The van der Waals surface area contributed by atoms with Crippen LogP contribution in [-0.2, 0) is 6.54 Å². The molecule has 4 N–H and O–H groups in total. The van der Waals surface area contributed by atoms with Gasteiger partial charge in [-0.3, -0.25) is 0 Å². The van der Waals surface area contributed by atoms with Crippen LogP contribution in [0.5, 0.6) is 0 Å². The molecule has 2 unspecified atom stereocenters. The van der Waals surface area contributed by atoms with Crippen molar-refractivity contribution < 1.29 is 0 Å². The number of nitrogens with zero attached hydrogens (tertiary/aromatic N) is 1. The minimum atomic E-state index is 0.397. The van der Waals surface area contributed by atoms with Crippen molar-refractivity contribution in [1.82, 2.24) is 15.3 Å². The van der Waals surface area contributed by atoms with Gasteiger partial charge in [-0.05, 0) is 19.3 Å². The molecule has 13 heavy (non-hydrogen) atoms. The monoisotopic (exact) mass is 180 g/mol. The van der Waals surface area contributed by atoms with Gasteiger partial charge in [-0.25, -0.2) is 4.98 Å². The molecular weight excluding hydrogens is 164 g/mol. The van der Waals surface area contributed by atoms with Crippen LogP contribution >= 0.6 is 0 Å². The quantitative estimate of drug-likeness (QED) is 0.630. The second kappa shape index (κ2) is 3.89. The lowest BCUT2D eigenvalue weighted by atomic mass is 10.2. The maximum atomic E-state index is 5.81. The molecule has 1 heterocycles. The summed E-state index contributed by atoms with van der Waals surface area (Å²) in [5.41, 5.74) is 5.81. The zero-order valence-electron chi connectivity index (χ0n) is 7.66. The van der Waals surface area contributed by atoms with E-state index in [-0.39, 0.29) is 0 Å². The fourth-order valence-corrected chi connectivity index (χ4v) is 1.84. The molecule has 1 saturated carbocycles. The number of aromatic nitrogens is 2. The molecular formula is C9H16N4. The number of hydrogen-bond acceptors (Lipinski definition) is 3. The van der Waals surface area contributed by atoms with Crippen LogP contribution in [0.3, 0.4) is 0 Å². The van der Waals surface area contributed by atoms with Crippen LogP contribution in [0, 0.1) is 0 Å². The number of H-pyrrole nitrogens is 1. The molecule has 1 aromatic rings. The van der Waals surface area contributed by atoms with Crippen molar-refractivity contribution >= 4 is 0 Å². The Hall–Kier alpha value is -0.870. The van der Waals surface area contributed by atoms with Gasteiger partial charge in [0.15, 0.2) is 0 Å². The Balaban J connectivity index is 1.74. The Morgan fingerprint density at radius 3 is 3.15 bits per heavy atom. The number of nitrogens with one attached hydrogen (secondary N) is 2. The lowest BCUT2D eigenvalue weighted by Gasteiger charge is -2.10. The molecule has 72 valence electrons. The first-order chi connectivity index (χ1) is 6.34. The normalized spacial score (nSPS) is 28.1. The summed E-state index contributed by atoms with van der Waals surface area (Å²) in [7, 11) is 0. The lowest BCUT2D eigenvalue weighted by Crippen LogP contribution is -2.28. The SMILES string of the molecule is NC1CCC(NCc2ncc[nH]2)C1. The summed E-state index contributed by atoms with van der Waals surface area (Å²) >= 11 is 0. The predicted molar refractivity (Wildman–Crippen MR) is 51.0 cm³/mol. The molecule has 0 radical (unpaired) electrons. The fraction of sp³-hybridized carbons (Fsp3) is 0.667. The van der Waals surface area contributed by atoms with Crippen LogP contribution in [0.25, 0.3) is 0 Å². The summed E-state index contributed by atoms with van der Waals surface area (Å²) < 4.78 is 0. The average molecular weight is 180 g/mol. The highest BCUT2D eigenvalue weighted by atomic mass is 15.0. The van der Waals surface area contributed by atoms with Crippen molar-refractivity contribution in [2.75, 3.05) is 0 Å². The molecule has 2 rings (SSSR count). The third-order valence-corrected chi connectivity index (χ3v) is 2.59. The fourth-order valence-electron chi connectivity index (χ4n) is 1.84. The molecule has 0 saturated heterocycles.